The van der Waals surface area contributed by atoms with Gasteiger partial charge >= 0.3 is 0 Å². The molecule has 1 saturated heterocycles. The fraction of sp³-hybridized carbons (Fsp3) is 0.700. The molecule has 14 heavy (non-hydrogen) atoms. The van der Waals surface area contributed by atoms with Gasteiger partial charge in [-0.25, -0.2) is 4.98 Å². The monoisotopic (exact) mass is 213 g/mol. The van der Waals surface area contributed by atoms with Crippen LogP contribution in [0.25, 0.3) is 0 Å². The molecule has 0 N–H and O–H groups in total. The quantitative estimate of drug-likeness (QED) is 0.748. The van der Waals surface area contributed by atoms with Gasteiger partial charge in [0.2, 0.25) is 5.28 Å². The van der Waals surface area contributed by atoms with Gasteiger partial charge in [-0.1, -0.05) is 6.92 Å². The summed E-state index contributed by atoms with van der Waals surface area (Å²) in [6.45, 7) is 5.69. The van der Waals surface area contributed by atoms with Gasteiger partial charge in [-0.2, -0.15) is 0 Å². The lowest BCUT2D eigenvalue weighted by Crippen LogP contribution is -2.19. The molecule has 2 rings (SSSR count). The number of halogens is 1. The Kier molecular flexibility index (Phi) is 2.79. The van der Waals surface area contributed by atoms with E-state index in [4.69, 9.17) is 11.6 Å². The molecule has 0 radical (unpaired) electrons. The van der Waals surface area contributed by atoms with Crippen LogP contribution in [0.1, 0.15) is 25.0 Å². The van der Waals surface area contributed by atoms with E-state index < -0.39 is 0 Å². The second-order valence-corrected chi connectivity index (χ2v) is 4.23. The lowest BCUT2D eigenvalue weighted by Gasteiger charge is -2.13. The molecule has 78 valence electrons. The predicted octanol–water partition coefficient (Wildman–Crippen LogP) is 1.88. The largest absolute Gasteiger partial charge is 0.322 e. The fourth-order valence-electron chi connectivity index (χ4n) is 2.14. The molecule has 3 nitrogen and oxygen atoms in total. The first-order valence-electron chi connectivity index (χ1n) is 5.11. The molecule has 4 heteroatoms. The zero-order chi connectivity index (χ0) is 10.1. The summed E-state index contributed by atoms with van der Waals surface area (Å²) < 4.78 is 1.99. The Balaban J connectivity index is 2.13. The van der Waals surface area contributed by atoms with Gasteiger partial charge in [0.1, 0.15) is 0 Å². The van der Waals surface area contributed by atoms with Crippen molar-refractivity contribution in [1.29, 1.82) is 0 Å². The van der Waals surface area contributed by atoms with Crippen LogP contribution in [0.15, 0.2) is 6.20 Å². The highest BCUT2D eigenvalue weighted by atomic mass is 35.5. The molecule has 2 heterocycles. The summed E-state index contributed by atoms with van der Waals surface area (Å²) in [6, 6.07) is 0. The van der Waals surface area contributed by atoms with Crippen LogP contribution in [0.3, 0.4) is 0 Å². The zero-order valence-corrected chi connectivity index (χ0v) is 9.46. The van der Waals surface area contributed by atoms with Gasteiger partial charge in [0, 0.05) is 25.2 Å². The summed E-state index contributed by atoms with van der Waals surface area (Å²) in [6.07, 6.45) is 3.13. The van der Waals surface area contributed by atoms with Crippen molar-refractivity contribution in [3.8, 4) is 0 Å². The summed E-state index contributed by atoms with van der Waals surface area (Å²) >= 11 is 5.92. The fourth-order valence-corrected chi connectivity index (χ4v) is 2.29. The maximum Gasteiger partial charge on any atom is 0.202 e. The van der Waals surface area contributed by atoms with Gasteiger partial charge in [-0.3, -0.25) is 0 Å². The Morgan fingerprint density at radius 1 is 1.64 bits per heavy atom. The molecular weight excluding hydrogens is 198 g/mol. The summed E-state index contributed by atoms with van der Waals surface area (Å²) in [5.41, 5.74) is 1.27. The first-order valence-corrected chi connectivity index (χ1v) is 5.49. The molecule has 0 aliphatic carbocycles. The summed E-state index contributed by atoms with van der Waals surface area (Å²) in [5, 5.41) is 0.593. The van der Waals surface area contributed by atoms with Crippen molar-refractivity contribution in [1.82, 2.24) is 14.5 Å². The minimum atomic E-state index is 0.593. The first-order chi connectivity index (χ1) is 6.72. The molecule has 1 fully saturated rings. The number of imidazole rings is 1. The second-order valence-electron chi connectivity index (χ2n) is 3.89. The standard InChI is InChI=1S/C10H16ClN3/c1-3-14-5-4-8(7-14)9-6-12-10(11)13(9)2/h6,8H,3-5,7H2,1-2H3. The van der Waals surface area contributed by atoms with Crippen molar-refractivity contribution in [2.75, 3.05) is 19.6 Å². The van der Waals surface area contributed by atoms with E-state index in [1.807, 2.05) is 17.8 Å². The number of hydrogen-bond donors (Lipinski definition) is 0. The summed E-state index contributed by atoms with van der Waals surface area (Å²) in [7, 11) is 1.99. The Bertz CT molecular complexity index is 321. The van der Waals surface area contributed by atoms with Gasteiger partial charge in [0.15, 0.2) is 0 Å². The highest BCUT2D eigenvalue weighted by molar-refractivity contribution is 6.28. The van der Waals surface area contributed by atoms with Gasteiger partial charge in [-0.15, -0.1) is 0 Å². The highest BCUT2D eigenvalue weighted by Gasteiger charge is 2.25. The van der Waals surface area contributed by atoms with Crippen molar-refractivity contribution in [3.63, 3.8) is 0 Å². The van der Waals surface area contributed by atoms with E-state index in [1.165, 1.54) is 18.7 Å². The molecule has 1 aliphatic rings. The minimum Gasteiger partial charge on any atom is -0.322 e. The van der Waals surface area contributed by atoms with Crippen LogP contribution in [0.2, 0.25) is 5.28 Å². The van der Waals surface area contributed by atoms with Crippen LogP contribution in [-0.2, 0) is 7.05 Å². The SMILES string of the molecule is CCN1CCC(c2cnc(Cl)n2C)C1. The average molecular weight is 214 g/mol. The van der Waals surface area contributed by atoms with E-state index in [-0.39, 0.29) is 0 Å². The Morgan fingerprint density at radius 2 is 2.43 bits per heavy atom. The third-order valence-electron chi connectivity index (χ3n) is 3.11. The van der Waals surface area contributed by atoms with E-state index in [0.717, 1.165) is 13.1 Å². The predicted molar refractivity (Wildman–Crippen MR) is 57.7 cm³/mol. The molecule has 1 aromatic heterocycles. The zero-order valence-electron chi connectivity index (χ0n) is 8.70. The minimum absolute atomic E-state index is 0.593. The van der Waals surface area contributed by atoms with Crippen LogP contribution >= 0.6 is 11.6 Å². The van der Waals surface area contributed by atoms with Crippen LogP contribution in [-0.4, -0.2) is 34.1 Å². The highest BCUT2D eigenvalue weighted by Crippen LogP contribution is 2.27. The van der Waals surface area contributed by atoms with E-state index >= 15 is 0 Å². The van der Waals surface area contributed by atoms with Crippen LogP contribution in [0.4, 0.5) is 0 Å². The summed E-state index contributed by atoms with van der Waals surface area (Å²) in [5.74, 6) is 0.611. The normalized spacial score (nSPS) is 23.2. The smallest absolute Gasteiger partial charge is 0.202 e. The molecule has 0 aromatic carbocycles. The average Bonchev–Trinajstić information content (AvgIpc) is 2.75. The lowest BCUT2D eigenvalue weighted by molar-refractivity contribution is 0.352. The van der Waals surface area contributed by atoms with E-state index in [2.05, 4.69) is 16.8 Å². The molecule has 1 aromatic rings. The lowest BCUT2D eigenvalue weighted by atomic mass is 10.1. The van der Waals surface area contributed by atoms with Crippen molar-refractivity contribution < 1.29 is 0 Å². The van der Waals surface area contributed by atoms with Gasteiger partial charge in [0.05, 0.1) is 6.20 Å². The molecule has 1 aliphatic heterocycles. The number of nitrogens with zero attached hydrogens (tertiary/aromatic N) is 3. The van der Waals surface area contributed by atoms with Crippen molar-refractivity contribution in [3.05, 3.63) is 17.2 Å². The third kappa shape index (κ3) is 1.66. The third-order valence-corrected chi connectivity index (χ3v) is 3.46. The van der Waals surface area contributed by atoms with Gasteiger partial charge < -0.3 is 9.47 Å². The van der Waals surface area contributed by atoms with Gasteiger partial charge in [0.25, 0.3) is 0 Å². The number of hydrogen-bond acceptors (Lipinski definition) is 2. The van der Waals surface area contributed by atoms with E-state index in [9.17, 15) is 0 Å². The maximum absolute atomic E-state index is 5.92. The Hall–Kier alpha value is -0.540. The van der Waals surface area contributed by atoms with E-state index in [1.54, 1.807) is 0 Å². The Labute approximate surface area is 89.7 Å². The first kappa shape index (κ1) is 9.99. The van der Waals surface area contributed by atoms with Crippen molar-refractivity contribution >= 4 is 11.6 Å². The van der Waals surface area contributed by atoms with Crippen molar-refractivity contribution in [2.45, 2.75) is 19.3 Å². The molecule has 0 amide bonds. The molecular formula is C10H16ClN3. The molecule has 0 bridgehead atoms. The van der Waals surface area contributed by atoms with Crippen LogP contribution < -0.4 is 0 Å². The summed E-state index contributed by atoms with van der Waals surface area (Å²) in [4.78, 5) is 6.59. The van der Waals surface area contributed by atoms with Crippen LogP contribution in [0.5, 0.6) is 0 Å². The molecule has 0 spiro atoms. The molecule has 0 saturated carbocycles. The van der Waals surface area contributed by atoms with Crippen molar-refractivity contribution in [2.24, 2.45) is 7.05 Å². The number of rotatable bonds is 2. The molecule has 1 unspecified atom stereocenters. The number of aromatic nitrogens is 2. The Morgan fingerprint density at radius 3 is 2.93 bits per heavy atom. The molecule has 1 atom stereocenters. The van der Waals surface area contributed by atoms with E-state index in [0.29, 0.717) is 11.2 Å². The topological polar surface area (TPSA) is 21.1 Å². The number of likely N-dealkylation sites (N-methyl/N-ethyl adjacent to an activating group) is 1. The van der Waals surface area contributed by atoms with Gasteiger partial charge in [-0.05, 0) is 31.1 Å². The second kappa shape index (κ2) is 3.91. The number of likely N-dealkylation sites (tertiary alicyclic amines) is 1. The maximum atomic E-state index is 5.92. The van der Waals surface area contributed by atoms with Crippen LogP contribution in [0, 0.1) is 0 Å².